The first-order valence-electron chi connectivity index (χ1n) is 34.6. The van der Waals surface area contributed by atoms with E-state index in [4.69, 9.17) is 37.3 Å². The molecular formula is C54H37NO. The highest BCUT2D eigenvalue weighted by molar-refractivity contribution is 6.09. The van der Waals surface area contributed by atoms with E-state index >= 15 is 0 Å². The Kier molecular flexibility index (Phi) is 3.17. The first kappa shape index (κ1) is 12.3. The smallest absolute Gasteiger partial charge is 0.143 e. The van der Waals surface area contributed by atoms with Crippen LogP contribution in [-0.4, -0.2) is 0 Å². The van der Waals surface area contributed by atoms with Gasteiger partial charge in [-0.15, -0.1) is 0 Å². The van der Waals surface area contributed by atoms with Crippen LogP contribution in [0.25, 0.3) is 77.6 Å². The second-order valence-corrected chi connectivity index (χ2v) is 11.3. The summed E-state index contributed by atoms with van der Waals surface area (Å²) in [6.45, 7) is 0. The zero-order chi connectivity index (χ0) is 69.5. The maximum atomic E-state index is 9.85. The number of benzene rings is 9. The molecule has 0 saturated heterocycles. The third kappa shape index (κ3) is 6.14. The minimum Gasteiger partial charge on any atom is -0.455 e. The van der Waals surface area contributed by atoms with Crippen LogP contribution in [-0.2, 0) is 0 Å². The number of para-hydroxylation sites is 3. The molecule has 2 nitrogen and oxygen atoms in total. The first-order valence-corrected chi connectivity index (χ1v) is 16.1. The first-order chi connectivity index (χ1) is 43.2. The summed E-state index contributed by atoms with van der Waals surface area (Å²) in [6, 6.07) is -42.7. The zero-order valence-corrected chi connectivity index (χ0v) is 27.9. The maximum absolute atomic E-state index is 9.85. The summed E-state index contributed by atoms with van der Waals surface area (Å²) in [5.41, 5.74) is -15.6. The second kappa shape index (κ2) is 14.4. The average molecular weight is 753 g/mol. The van der Waals surface area contributed by atoms with Crippen molar-refractivity contribution in [2.24, 2.45) is 0 Å². The maximum Gasteiger partial charge on any atom is 0.143 e. The van der Waals surface area contributed by atoms with Crippen molar-refractivity contribution in [3.05, 3.63) is 224 Å². The van der Waals surface area contributed by atoms with Crippen molar-refractivity contribution in [1.29, 1.82) is 0 Å². The Morgan fingerprint density at radius 2 is 0.804 bits per heavy atom. The minimum absolute atomic E-state index is 0.202. The molecule has 0 N–H and O–H groups in total. The molecule has 0 bridgehead atoms. The highest BCUT2D eigenvalue weighted by Gasteiger charge is 2.19. The Morgan fingerprint density at radius 3 is 1.48 bits per heavy atom. The molecule has 56 heavy (non-hydrogen) atoms. The van der Waals surface area contributed by atoms with Crippen molar-refractivity contribution < 1.29 is 55.1 Å². The molecular weight excluding hydrogens is 679 g/mol. The molecule has 0 saturated carbocycles. The summed E-state index contributed by atoms with van der Waals surface area (Å²) in [7, 11) is 0. The summed E-state index contributed by atoms with van der Waals surface area (Å²) in [5.74, 6) is 0. The van der Waals surface area contributed by atoms with Gasteiger partial charge in [0.05, 0.1) is 56.4 Å². The Balaban J connectivity index is 1.41. The zero-order valence-electron chi connectivity index (χ0n) is 64.9. The van der Waals surface area contributed by atoms with Crippen molar-refractivity contribution in [2.45, 2.75) is 0 Å². The lowest BCUT2D eigenvalue weighted by atomic mass is 9.91. The molecule has 1 aromatic heterocycles. The summed E-state index contributed by atoms with van der Waals surface area (Å²) >= 11 is 0. The van der Waals surface area contributed by atoms with Gasteiger partial charge in [-0.1, -0.05) is 181 Å². The van der Waals surface area contributed by atoms with Gasteiger partial charge in [0.1, 0.15) is 11.2 Å². The second-order valence-electron chi connectivity index (χ2n) is 11.3. The van der Waals surface area contributed by atoms with Gasteiger partial charge in [0.15, 0.2) is 0 Å². The van der Waals surface area contributed by atoms with Gasteiger partial charge in [-0.3, -0.25) is 0 Å². The molecule has 9 aromatic carbocycles. The fourth-order valence-electron chi connectivity index (χ4n) is 5.61. The van der Waals surface area contributed by atoms with Crippen molar-refractivity contribution >= 4 is 39.0 Å². The molecule has 0 unspecified atom stereocenters. The molecule has 0 aliphatic rings. The van der Waals surface area contributed by atoms with Gasteiger partial charge in [-0.05, 0) is 86.8 Å². The van der Waals surface area contributed by atoms with Crippen molar-refractivity contribution in [2.75, 3.05) is 4.90 Å². The fourth-order valence-corrected chi connectivity index (χ4v) is 5.61. The van der Waals surface area contributed by atoms with Gasteiger partial charge in [-0.25, -0.2) is 0 Å². The lowest BCUT2D eigenvalue weighted by molar-refractivity contribution is 0.670. The number of nitrogens with zero attached hydrogens (tertiary/aromatic N) is 1. The third-order valence-corrected chi connectivity index (χ3v) is 8.06. The van der Waals surface area contributed by atoms with Crippen LogP contribution in [0.5, 0.6) is 0 Å². The number of rotatable bonds is 8. The van der Waals surface area contributed by atoms with Crippen LogP contribution in [0, 0.1) is 0 Å². The van der Waals surface area contributed by atoms with Crippen LogP contribution in [0.3, 0.4) is 0 Å². The number of fused-ring (bicyclic) bond motifs is 3. The van der Waals surface area contributed by atoms with Crippen molar-refractivity contribution in [3.63, 3.8) is 0 Å². The van der Waals surface area contributed by atoms with Gasteiger partial charge in [0, 0.05) is 33.3 Å². The van der Waals surface area contributed by atoms with Crippen LogP contribution < -0.4 is 4.90 Å². The van der Waals surface area contributed by atoms with Gasteiger partial charge in [0.25, 0.3) is 0 Å². The van der Waals surface area contributed by atoms with E-state index in [-0.39, 0.29) is 4.90 Å². The topological polar surface area (TPSA) is 16.4 Å². The molecule has 1 heterocycles. The van der Waals surface area contributed by atoms with Crippen LogP contribution in [0.2, 0.25) is 0 Å². The summed E-state index contributed by atoms with van der Waals surface area (Å²) in [4.78, 5) is 0.202. The summed E-state index contributed by atoms with van der Waals surface area (Å²) in [6.07, 6.45) is 0. The van der Waals surface area contributed by atoms with E-state index in [1.54, 1.807) is 0 Å². The molecule has 0 spiro atoms. The number of anilines is 3. The van der Waals surface area contributed by atoms with Crippen LogP contribution >= 0.6 is 0 Å². The molecule has 10 rings (SSSR count). The quantitative estimate of drug-likeness (QED) is 0.154. The highest BCUT2D eigenvalue weighted by Crippen LogP contribution is 2.43. The number of hydrogen-bond acceptors (Lipinski definition) is 2. The minimum atomic E-state index is -1.49. The van der Waals surface area contributed by atoms with Crippen LogP contribution in [0.15, 0.2) is 228 Å². The van der Waals surface area contributed by atoms with Gasteiger partial charge >= 0.3 is 0 Å². The van der Waals surface area contributed by atoms with Gasteiger partial charge in [0.2, 0.25) is 0 Å². The van der Waals surface area contributed by atoms with E-state index in [0.717, 1.165) is 0 Å². The van der Waals surface area contributed by atoms with Crippen LogP contribution in [0.4, 0.5) is 17.1 Å². The van der Waals surface area contributed by atoms with E-state index in [0.29, 0.717) is 0 Å². The van der Waals surface area contributed by atoms with E-state index < -0.39 is 318 Å². The van der Waals surface area contributed by atoms with Gasteiger partial charge < -0.3 is 9.32 Å². The standard InChI is InChI=1S/C54H37NO/c1-4-15-39(16-5-1)46-36-31-43(37-51(46)41-19-8-3-9-20-41)38-27-32-44(33-28-38)55(52-25-12-10-21-47(52)40-17-6-2-7-18-40)45-34-29-42(30-35-45)48-23-14-24-50-49-22-11-13-26-53(49)56-54(48)50/h1-37H/i1D,2D,3D,4D,5D,6D,7D,8D,9D,10D,11D,12D,13D,14D,15D,16D,17D,18D,19D,20D,21D,22D,23D,24D,25D,26D,27D,28D,29D,30D,31D,32D,33D,34D,35D,36D,37D. The monoisotopic (exact) mass is 753 g/mol. The van der Waals surface area contributed by atoms with E-state index in [2.05, 4.69) is 0 Å². The van der Waals surface area contributed by atoms with Crippen LogP contribution in [0.1, 0.15) is 50.7 Å². The summed E-state index contributed by atoms with van der Waals surface area (Å²) < 4.78 is 340. The lowest BCUT2D eigenvalue weighted by Crippen LogP contribution is -2.11. The van der Waals surface area contributed by atoms with E-state index in [1.807, 2.05) is 0 Å². The average Bonchev–Trinajstić information content (AvgIpc) is 1.61. The Labute approximate surface area is 379 Å². The Morgan fingerprint density at radius 1 is 0.321 bits per heavy atom. The molecule has 264 valence electrons. The molecule has 0 atom stereocenters. The number of furan rings is 1. The molecule has 10 aromatic rings. The highest BCUT2D eigenvalue weighted by atomic mass is 16.3. The predicted octanol–water partition coefficient (Wildman–Crippen LogP) is 15.4. The Bertz CT molecular complexity index is 4990. The molecule has 2 heteroatoms. The third-order valence-electron chi connectivity index (χ3n) is 8.06. The molecule has 0 radical (unpaired) electrons. The van der Waals surface area contributed by atoms with E-state index in [1.165, 1.54) is 0 Å². The van der Waals surface area contributed by atoms with Crippen molar-refractivity contribution in [1.82, 2.24) is 0 Å². The lowest BCUT2D eigenvalue weighted by Gasteiger charge is -2.28. The molecule has 0 fully saturated rings. The van der Waals surface area contributed by atoms with Crippen molar-refractivity contribution in [3.8, 4) is 55.6 Å². The normalized spacial score (nSPS) is 20.5. The van der Waals surface area contributed by atoms with Gasteiger partial charge in [-0.2, -0.15) is 0 Å². The summed E-state index contributed by atoms with van der Waals surface area (Å²) in [5, 5.41) is -1.06. The molecule has 0 aliphatic heterocycles. The SMILES string of the molecule is [2H]c1c([2H])c([2H])c(-c2c([2H])c([2H])c(-c3c([2H])c([2H])c(N(c4c([2H])c([2H])c(-c5c([2H])c([2H])c([2H])c6c5oc5c([2H])c([2H])c([2H])c([2H])c56)c([2H])c4[2H])c4c([2H])c([2H])c([2H])c([2H])c4-c4c([2H])c([2H])c([2H])c([2H])c4[2H])c([2H])c3[2H])c([2H])c2-c2c([2H])c([2H])c([2H])c([2H])c2[2H])c([2H])c1[2H]. The molecule has 0 amide bonds. The Hall–Kier alpha value is -7.42. The number of hydrogen-bond donors (Lipinski definition) is 0. The molecule has 0 aliphatic carbocycles. The predicted molar refractivity (Wildman–Crippen MR) is 236 cm³/mol. The largest absolute Gasteiger partial charge is 0.455 e. The van der Waals surface area contributed by atoms with E-state index in [9.17, 15) is 17.8 Å². The fraction of sp³-hybridized carbons (Fsp3) is 0.